The third kappa shape index (κ3) is 2.78. The van der Waals surface area contributed by atoms with E-state index in [0.717, 1.165) is 49.7 Å². The Hall–Kier alpha value is -1.83. The summed E-state index contributed by atoms with van der Waals surface area (Å²) in [7, 11) is 0. The van der Waals surface area contributed by atoms with Crippen molar-refractivity contribution in [1.29, 1.82) is 0 Å². The van der Waals surface area contributed by atoms with Crippen LogP contribution in [0.3, 0.4) is 0 Å². The first-order valence-electron chi connectivity index (χ1n) is 7.07. The Kier molecular flexibility index (Phi) is 3.49. The molecule has 0 unspecified atom stereocenters. The van der Waals surface area contributed by atoms with E-state index in [9.17, 15) is 5.11 Å². The average Bonchev–Trinajstić information content (AvgIpc) is 2.42. The predicted molar refractivity (Wildman–Crippen MR) is 76.4 cm³/mol. The minimum Gasteiger partial charge on any atom is -0.507 e. The lowest BCUT2D eigenvalue weighted by molar-refractivity contribution is 0.458. The molecule has 1 aliphatic rings. The monoisotopic (exact) mass is 253 g/mol. The molecule has 1 aliphatic heterocycles. The van der Waals surface area contributed by atoms with E-state index in [4.69, 9.17) is 4.98 Å². The Morgan fingerprint density at radius 3 is 1.84 bits per heavy atom. The van der Waals surface area contributed by atoms with Gasteiger partial charge in [-0.25, -0.2) is 0 Å². The highest BCUT2D eigenvalue weighted by molar-refractivity contribution is 5.40. The number of phenolic OH excluding ortho intramolecular Hbond substituents is 1. The molecule has 0 aliphatic carbocycles. The van der Waals surface area contributed by atoms with Gasteiger partial charge in [-0.15, -0.1) is 0 Å². The number of benzene rings is 1. The molecule has 98 valence electrons. The number of fused-ring (bicyclic) bond motifs is 4. The molecule has 2 aromatic rings. The lowest BCUT2D eigenvalue weighted by Gasteiger charge is -2.12. The largest absolute Gasteiger partial charge is 0.507 e. The van der Waals surface area contributed by atoms with Gasteiger partial charge in [0, 0.05) is 11.4 Å². The smallest absolute Gasteiger partial charge is 0.121 e. The van der Waals surface area contributed by atoms with Crippen molar-refractivity contribution in [2.75, 3.05) is 0 Å². The van der Waals surface area contributed by atoms with Gasteiger partial charge in [-0.3, -0.25) is 4.98 Å². The van der Waals surface area contributed by atoms with Crippen molar-refractivity contribution >= 4 is 0 Å². The molecule has 0 saturated carbocycles. The van der Waals surface area contributed by atoms with Crippen molar-refractivity contribution in [3.8, 4) is 5.75 Å². The van der Waals surface area contributed by atoms with Gasteiger partial charge in [0.05, 0.1) is 0 Å². The summed E-state index contributed by atoms with van der Waals surface area (Å²) in [6, 6.07) is 12.5. The molecular formula is C17H19NO. The van der Waals surface area contributed by atoms with Crippen molar-refractivity contribution in [2.24, 2.45) is 0 Å². The molecule has 4 bridgehead atoms. The maximum atomic E-state index is 10.3. The van der Waals surface area contributed by atoms with Crippen LogP contribution in [0.2, 0.25) is 0 Å². The highest BCUT2D eigenvalue weighted by Crippen LogP contribution is 2.26. The molecule has 2 heterocycles. The lowest BCUT2D eigenvalue weighted by Crippen LogP contribution is -2.01. The van der Waals surface area contributed by atoms with E-state index in [1.807, 2.05) is 12.1 Å². The normalized spacial score (nSPS) is 15.4. The number of phenols is 1. The van der Waals surface area contributed by atoms with E-state index in [1.165, 1.54) is 11.4 Å². The fourth-order valence-corrected chi connectivity index (χ4v) is 2.78. The van der Waals surface area contributed by atoms with Gasteiger partial charge in [0.15, 0.2) is 0 Å². The van der Waals surface area contributed by atoms with E-state index in [1.54, 1.807) is 0 Å². The fraction of sp³-hybridized carbons (Fsp3) is 0.353. The molecule has 0 fully saturated rings. The van der Waals surface area contributed by atoms with Crippen LogP contribution in [0.15, 0.2) is 36.4 Å². The molecule has 19 heavy (non-hydrogen) atoms. The summed E-state index contributed by atoms with van der Waals surface area (Å²) in [5, 5.41) is 10.3. The minimum atomic E-state index is 0.514. The molecule has 0 spiro atoms. The molecule has 1 aromatic heterocycles. The highest BCUT2D eigenvalue weighted by atomic mass is 16.3. The molecule has 2 nitrogen and oxygen atoms in total. The summed E-state index contributed by atoms with van der Waals surface area (Å²) in [6.45, 7) is 0. The first-order valence-corrected chi connectivity index (χ1v) is 7.07. The maximum Gasteiger partial charge on any atom is 0.121 e. The van der Waals surface area contributed by atoms with E-state index >= 15 is 0 Å². The summed E-state index contributed by atoms with van der Waals surface area (Å²) in [6.07, 6.45) is 5.88. The van der Waals surface area contributed by atoms with Crippen LogP contribution in [0.5, 0.6) is 5.75 Å². The first-order chi connectivity index (χ1) is 9.33. The van der Waals surface area contributed by atoms with Crippen LogP contribution in [0.4, 0.5) is 0 Å². The molecule has 0 atom stereocenters. The number of nitrogens with zero attached hydrogens (tertiary/aromatic N) is 1. The van der Waals surface area contributed by atoms with Gasteiger partial charge in [0.2, 0.25) is 0 Å². The van der Waals surface area contributed by atoms with Crippen molar-refractivity contribution in [1.82, 2.24) is 4.98 Å². The van der Waals surface area contributed by atoms with Crippen LogP contribution in [-0.2, 0) is 25.7 Å². The Balaban J connectivity index is 1.89. The van der Waals surface area contributed by atoms with Gasteiger partial charge < -0.3 is 5.11 Å². The van der Waals surface area contributed by atoms with E-state index in [-0.39, 0.29) is 0 Å². The van der Waals surface area contributed by atoms with Crippen LogP contribution in [-0.4, -0.2) is 10.1 Å². The van der Waals surface area contributed by atoms with Gasteiger partial charge in [-0.05, 0) is 61.8 Å². The van der Waals surface area contributed by atoms with Crippen molar-refractivity contribution in [3.63, 3.8) is 0 Å². The molecular weight excluding hydrogens is 234 g/mol. The zero-order chi connectivity index (χ0) is 13.1. The minimum absolute atomic E-state index is 0.514. The quantitative estimate of drug-likeness (QED) is 0.780. The van der Waals surface area contributed by atoms with Crippen molar-refractivity contribution < 1.29 is 5.11 Å². The number of hydrogen-bond donors (Lipinski definition) is 1. The summed E-state index contributed by atoms with van der Waals surface area (Å²) in [4.78, 5) is 4.70. The number of aromatic hydroxyl groups is 1. The maximum absolute atomic E-state index is 10.3. The Morgan fingerprint density at radius 1 is 0.737 bits per heavy atom. The molecule has 0 saturated heterocycles. The average molecular weight is 253 g/mol. The number of aromatic nitrogens is 1. The van der Waals surface area contributed by atoms with Gasteiger partial charge in [-0.2, -0.15) is 0 Å². The standard InChI is InChI=1S/C17H19NO/c19-17-13-5-1-6-14(17)8-3-10-16-12-4-11-15(18-16)9-2-7-13/h1,4-6,11-12,19H,2-3,7-10H2. The Labute approximate surface area is 114 Å². The van der Waals surface area contributed by atoms with Gasteiger partial charge in [-0.1, -0.05) is 24.3 Å². The second-order valence-corrected chi connectivity index (χ2v) is 5.25. The SMILES string of the molecule is Oc1c2cccc1CCCc1cccc(n1)CCC2. The number of para-hydroxylation sites is 1. The molecule has 2 heteroatoms. The van der Waals surface area contributed by atoms with Crippen LogP contribution in [0, 0.1) is 0 Å². The van der Waals surface area contributed by atoms with E-state index in [0.29, 0.717) is 5.75 Å². The fourth-order valence-electron chi connectivity index (χ4n) is 2.78. The van der Waals surface area contributed by atoms with Crippen LogP contribution >= 0.6 is 0 Å². The summed E-state index contributed by atoms with van der Waals surface area (Å²) >= 11 is 0. The topological polar surface area (TPSA) is 33.1 Å². The number of rotatable bonds is 0. The molecule has 0 radical (unpaired) electrons. The second kappa shape index (κ2) is 5.43. The first kappa shape index (κ1) is 12.2. The summed E-state index contributed by atoms with van der Waals surface area (Å²) in [5.41, 5.74) is 4.51. The van der Waals surface area contributed by atoms with E-state index in [2.05, 4.69) is 24.3 Å². The van der Waals surface area contributed by atoms with Crippen LogP contribution in [0.25, 0.3) is 0 Å². The van der Waals surface area contributed by atoms with Gasteiger partial charge >= 0.3 is 0 Å². The van der Waals surface area contributed by atoms with Gasteiger partial charge in [0.1, 0.15) is 5.75 Å². The summed E-state index contributed by atoms with van der Waals surface area (Å²) < 4.78 is 0. The number of pyridine rings is 1. The molecule has 0 amide bonds. The number of hydrogen-bond acceptors (Lipinski definition) is 2. The molecule has 3 rings (SSSR count). The summed E-state index contributed by atoms with van der Waals surface area (Å²) in [5.74, 6) is 0.514. The second-order valence-electron chi connectivity index (χ2n) is 5.25. The molecule has 1 N–H and O–H groups in total. The van der Waals surface area contributed by atoms with Crippen LogP contribution in [0.1, 0.15) is 35.4 Å². The Bertz CT molecular complexity index is 534. The van der Waals surface area contributed by atoms with E-state index < -0.39 is 0 Å². The zero-order valence-electron chi connectivity index (χ0n) is 11.1. The van der Waals surface area contributed by atoms with Gasteiger partial charge in [0.25, 0.3) is 0 Å². The van der Waals surface area contributed by atoms with Crippen LogP contribution < -0.4 is 0 Å². The highest BCUT2D eigenvalue weighted by Gasteiger charge is 2.09. The number of aryl methyl sites for hydroxylation is 4. The molecule has 1 aromatic carbocycles. The lowest BCUT2D eigenvalue weighted by atomic mass is 9.98. The predicted octanol–water partition coefficient (Wildman–Crippen LogP) is 3.45. The third-order valence-electron chi connectivity index (χ3n) is 3.83. The van der Waals surface area contributed by atoms with Crippen molar-refractivity contribution in [2.45, 2.75) is 38.5 Å². The van der Waals surface area contributed by atoms with Crippen molar-refractivity contribution in [3.05, 3.63) is 58.9 Å². The zero-order valence-corrected chi connectivity index (χ0v) is 11.1. The Morgan fingerprint density at radius 2 is 1.26 bits per heavy atom. The third-order valence-corrected chi connectivity index (χ3v) is 3.83.